The molecule has 100 valence electrons. The first-order valence-electron chi connectivity index (χ1n) is 5.95. The molecule has 0 aliphatic heterocycles. The maximum absolute atomic E-state index is 11.5. The van der Waals surface area contributed by atoms with Crippen LogP contribution in [0.3, 0.4) is 0 Å². The SMILES string of the molecule is CCCCN/C=C(/C#N)C(=O)NCCCC(=O)O. The van der Waals surface area contributed by atoms with Crippen molar-refractivity contribution in [3.8, 4) is 6.07 Å². The molecule has 0 bridgehead atoms. The van der Waals surface area contributed by atoms with E-state index in [2.05, 4.69) is 10.6 Å². The van der Waals surface area contributed by atoms with Crippen molar-refractivity contribution in [3.05, 3.63) is 11.8 Å². The summed E-state index contributed by atoms with van der Waals surface area (Å²) >= 11 is 0. The maximum atomic E-state index is 11.5. The molecule has 0 saturated heterocycles. The quantitative estimate of drug-likeness (QED) is 0.320. The Kier molecular flexibility index (Phi) is 9.00. The zero-order chi connectivity index (χ0) is 13.8. The van der Waals surface area contributed by atoms with Gasteiger partial charge in [0.25, 0.3) is 5.91 Å². The van der Waals surface area contributed by atoms with Gasteiger partial charge in [0.1, 0.15) is 11.6 Å². The average molecular weight is 253 g/mol. The Bertz CT molecular complexity index is 345. The number of nitrogens with one attached hydrogen (secondary N) is 2. The molecule has 0 aliphatic carbocycles. The molecule has 0 rings (SSSR count). The molecule has 0 aliphatic rings. The van der Waals surface area contributed by atoms with Crippen molar-refractivity contribution in [2.24, 2.45) is 0 Å². The summed E-state index contributed by atoms with van der Waals surface area (Å²) < 4.78 is 0. The number of hydrogen-bond donors (Lipinski definition) is 3. The molecule has 6 nitrogen and oxygen atoms in total. The minimum atomic E-state index is -0.901. The molecule has 0 aromatic carbocycles. The number of nitrogens with zero attached hydrogens (tertiary/aromatic N) is 1. The van der Waals surface area contributed by atoms with E-state index in [0.29, 0.717) is 13.0 Å². The van der Waals surface area contributed by atoms with Gasteiger partial charge in [-0.2, -0.15) is 5.26 Å². The first-order valence-corrected chi connectivity index (χ1v) is 5.95. The molecular formula is C12H19N3O3. The van der Waals surface area contributed by atoms with Crippen molar-refractivity contribution < 1.29 is 14.7 Å². The number of amides is 1. The van der Waals surface area contributed by atoms with Gasteiger partial charge in [-0.1, -0.05) is 13.3 Å². The second kappa shape index (κ2) is 10.1. The van der Waals surface area contributed by atoms with Crippen LogP contribution in [0.1, 0.15) is 32.6 Å². The number of aliphatic carboxylic acids is 1. The van der Waals surface area contributed by atoms with Crippen LogP contribution in [0.2, 0.25) is 0 Å². The van der Waals surface area contributed by atoms with Crippen molar-refractivity contribution in [1.82, 2.24) is 10.6 Å². The van der Waals surface area contributed by atoms with Crippen LogP contribution < -0.4 is 10.6 Å². The molecule has 3 N–H and O–H groups in total. The third kappa shape index (κ3) is 8.16. The molecule has 18 heavy (non-hydrogen) atoms. The van der Waals surface area contributed by atoms with Crippen molar-refractivity contribution in [2.45, 2.75) is 32.6 Å². The van der Waals surface area contributed by atoms with Crippen LogP contribution in [0.5, 0.6) is 0 Å². The molecular weight excluding hydrogens is 234 g/mol. The van der Waals surface area contributed by atoms with Gasteiger partial charge in [-0.3, -0.25) is 9.59 Å². The fourth-order valence-electron chi connectivity index (χ4n) is 1.14. The summed E-state index contributed by atoms with van der Waals surface area (Å²) in [6.45, 7) is 3.01. The highest BCUT2D eigenvalue weighted by Crippen LogP contribution is 1.93. The Morgan fingerprint density at radius 2 is 2.06 bits per heavy atom. The van der Waals surface area contributed by atoms with Crippen LogP contribution in [-0.2, 0) is 9.59 Å². The number of hydrogen-bond acceptors (Lipinski definition) is 4. The van der Waals surface area contributed by atoms with E-state index in [1.165, 1.54) is 6.20 Å². The van der Waals surface area contributed by atoms with Gasteiger partial charge >= 0.3 is 5.97 Å². The fourth-order valence-corrected chi connectivity index (χ4v) is 1.14. The lowest BCUT2D eigenvalue weighted by atomic mass is 10.2. The number of carboxylic acid groups (broad SMARTS) is 1. The maximum Gasteiger partial charge on any atom is 0.303 e. The van der Waals surface area contributed by atoms with Crippen LogP contribution >= 0.6 is 0 Å². The van der Waals surface area contributed by atoms with E-state index >= 15 is 0 Å². The highest BCUT2D eigenvalue weighted by atomic mass is 16.4. The van der Waals surface area contributed by atoms with E-state index in [1.807, 2.05) is 6.92 Å². The van der Waals surface area contributed by atoms with E-state index in [1.54, 1.807) is 6.07 Å². The molecule has 0 unspecified atom stereocenters. The molecule has 0 aromatic rings. The molecule has 1 amide bonds. The molecule has 0 atom stereocenters. The number of carbonyl (C=O) groups excluding carboxylic acids is 1. The summed E-state index contributed by atoms with van der Waals surface area (Å²) in [6, 6.07) is 1.80. The van der Waals surface area contributed by atoms with Crippen LogP contribution in [0.4, 0.5) is 0 Å². The Morgan fingerprint density at radius 3 is 2.61 bits per heavy atom. The van der Waals surface area contributed by atoms with Gasteiger partial charge in [0.05, 0.1) is 0 Å². The average Bonchev–Trinajstić information content (AvgIpc) is 2.34. The molecule has 0 saturated carbocycles. The van der Waals surface area contributed by atoms with Gasteiger partial charge in [-0.15, -0.1) is 0 Å². The van der Waals surface area contributed by atoms with E-state index in [-0.39, 0.29) is 18.5 Å². The molecule has 0 radical (unpaired) electrons. The molecule has 0 heterocycles. The lowest BCUT2D eigenvalue weighted by Crippen LogP contribution is -2.27. The van der Waals surface area contributed by atoms with E-state index in [0.717, 1.165) is 12.8 Å². The number of unbranched alkanes of at least 4 members (excludes halogenated alkanes) is 1. The minimum Gasteiger partial charge on any atom is -0.481 e. The van der Waals surface area contributed by atoms with Crippen LogP contribution in [-0.4, -0.2) is 30.1 Å². The van der Waals surface area contributed by atoms with Crippen molar-refractivity contribution in [1.29, 1.82) is 5.26 Å². The summed E-state index contributed by atoms with van der Waals surface area (Å²) in [5, 5.41) is 22.6. The van der Waals surface area contributed by atoms with Crippen molar-refractivity contribution >= 4 is 11.9 Å². The summed E-state index contributed by atoms with van der Waals surface area (Å²) in [6.07, 6.45) is 3.74. The van der Waals surface area contributed by atoms with Gasteiger partial charge in [0.15, 0.2) is 0 Å². The van der Waals surface area contributed by atoms with E-state index < -0.39 is 11.9 Å². The third-order valence-corrected chi connectivity index (χ3v) is 2.14. The molecule has 0 fully saturated rings. The Balaban J connectivity index is 3.96. The van der Waals surface area contributed by atoms with Crippen LogP contribution in [0.15, 0.2) is 11.8 Å². The smallest absolute Gasteiger partial charge is 0.303 e. The Morgan fingerprint density at radius 1 is 1.33 bits per heavy atom. The predicted molar refractivity (Wildman–Crippen MR) is 66.5 cm³/mol. The summed E-state index contributed by atoms with van der Waals surface area (Å²) in [4.78, 5) is 21.7. The first kappa shape index (κ1) is 16.0. The largest absolute Gasteiger partial charge is 0.481 e. The summed E-state index contributed by atoms with van der Waals surface area (Å²) in [7, 11) is 0. The van der Waals surface area contributed by atoms with Gasteiger partial charge in [-0.25, -0.2) is 0 Å². The standard InChI is InChI=1S/C12H19N3O3/c1-2-3-6-14-9-10(8-13)12(18)15-7-4-5-11(16)17/h9,14H,2-7H2,1H3,(H,15,18)(H,16,17)/b10-9-. The molecule has 6 heteroatoms. The van der Waals surface area contributed by atoms with Gasteiger partial charge in [-0.05, 0) is 12.8 Å². The van der Waals surface area contributed by atoms with Gasteiger partial charge < -0.3 is 15.7 Å². The monoisotopic (exact) mass is 253 g/mol. The third-order valence-electron chi connectivity index (χ3n) is 2.14. The topological polar surface area (TPSA) is 102 Å². The summed E-state index contributed by atoms with van der Waals surface area (Å²) in [5.74, 6) is -1.38. The van der Waals surface area contributed by atoms with Gasteiger partial charge in [0, 0.05) is 25.7 Å². The minimum absolute atomic E-state index is 0.000626. The van der Waals surface area contributed by atoms with Crippen molar-refractivity contribution in [2.75, 3.05) is 13.1 Å². The molecule has 0 spiro atoms. The van der Waals surface area contributed by atoms with Gasteiger partial charge in [0.2, 0.25) is 0 Å². The normalized spacial score (nSPS) is 10.6. The highest BCUT2D eigenvalue weighted by Gasteiger charge is 2.07. The lowest BCUT2D eigenvalue weighted by Gasteiger charge is -2.03. The second-order valence-corrected chi connectivity index (χ2v) is 3.73. The van der Waals surface area contributed by atoms with E-state index in [9.17, 15) is 9.59 Å². The Hall–Kier alpha value is -2.03. The zero-order valence-electron chi connectivity index (χ0n) is 10.5. The van der Waals surface area contributed by atoms with Crippen molar-refractivity contribution in [3.63, 3.8) is 0 Å². The number of carbonyl (C=O) groups is 2. The summed E-state index contributed by atoms with van der Waals surface area (Å²) in [5.41, 5.74) is 0.00132. The fraction of sp³-hybridized carbons (Fsp3) is 0.583. The Labute approximate surface area is 107 Å². The van der Waals surface area contributed by atoms with Crippen LogP contribution in [0.25, 0.3) is 0 Å². The number of nitriles is 1. The first-order chi connectivity index (χ1) is 8.61. The highest BCUT2D eigenvalue weighted by molar-refractivity contribution is 5.97. The number of rotatable bonds is 9. The predicted octanol–water partition coefficient (Wildman–Crippen LogP) is 0.765. The number of carboxylic acids is 1. The van der Waals surface area contributed by atoms with E-state index in [4.69, 9.17) is 10.4 Å². The van der Waals surface area contributed by atoms with Crippen LogP contribution in [0, 0.1) is 11.3 Å². The second-order valence-electron chi connectivity index (χ2n) is 3.73. The lowest BCUT2D eigenvalue weighted by molar-refractivity contribution is -0.137. The zero-order valence-corrected chi connectivity index (χ0v) is 10.5. The molecule has 0 aromatic heterocycles.